The third-order valence-electron chi connectivity index (χ3n) is 4.04. The van der Waals surface area contributed by atoms with E-state index in [-0.39, 0.29) is 17.9 Å². The third kappa shape index (κ3) is 4.10. The molecule has 0 bridgehead atoms. The Kier molecular flexibility index (Phi) is 5.34. The zero-order chi connectivity index (χ0) is 18.5. The quantitative estimate of drug-likeness (QED) is 0.715. The highest BCUT2D eigenvalue weighted by Crippen LogP contribution is 2.20. The molecule has 3 rings (SSSR count). The molecule has 2 N–H and O–H groups in total. The van der Waals surface area contributed by atoms with Gasteiger partial charge in [-0.2, -0.15) is 0 Å². The molecular formula is C20H20N2O4. The molecule has 0 aliphatic heterocycles. The lowest BCUT2D eigenvalue weighted by Gasteiger charge is -2.09. The fourth-order valence-electron chi connectivity index (χ4n) is 2.82. The number of fused-ring (bicyclic) bond motifs is 1. The maximum Gasteiger partial charge on any atom is 0.248 e. The standard InChI is InChI=1S/C20H20N2O4/c1-25-12-14-10-20(24)22-18-11-15(5-8-17(14)18)21-19(23)9-13-3-6-16(26-2)7-4-13/h3-8,10-11H,9,12H2,1-2H3,(H,21,23)(H,22,24). The second-order valence-corrected chi connectivity index (χ2v) is 5.93. The van der Waals surface area contributed by atoms with Crippen LogP contribution in [0.3, 0.4) is 0 Å². The summed E-state index contributed by atoms with van der Waals surface area (Å²) >= 11 is 0. The van der Waals surface area contributed by atoms with E-state index in [4.69, 9.17) is 9.47 Å². The lowest BCUT2D eigenvalue weighted by atomic mass is 10.1. The van der Waals surface area contributed by atoms with E-state index in [1.807, 2.05) is 36.4 Å². The van der Waals surface area contributed by atoms with Gasteiger partial charge in [0.25, 0.3) is 0 Å². The summed E-state index contributed by atoms with van der Waals surface area (Å²) in [5, 5.41) is 3.75. The fourth-order valence-corrected chi connectivity index (χ4v) is 2.82. The van der Waals surface area contributed by atoms with Crippen LogP contribution in [0.2, 0.25) is 0 Å². The first-order valence-electron chi connectivity index (χ1n) is 8.16. The molecular weight excluding hydrogens is 332 g/mol. The Hall–Kier alpha value is -3.12. The van der Waals surface area contributed by atoms with Gasteiger partial charge in [-0.3, -0.25) is 9.59 Å². The summed E-state index contributed by atoms with van der Waals surface area (Å²) in [5.41, 5.74) is 2.78. The van der Waals surface area contributed by atoms with Crippen LogP contribution in [0.4, 0.5) is 5.69 Å². The number of aromatic nitrogens is 1. The molecule has 1 heterocycles. The largest absolute Gasteiger partial charge is 0.497 e. The molecule has 0 radical (unpaired) electrons. The summed E-state index contributed by atoms with van der Waals surface area (Å²) in [6.45, 7) is 0.351. The van der Waals surface area contributed by atoms with Gasteiger partial charge in [0, 0.05) is 24.2 Å². The van der Waals surface area contributed by atoms with Gasteiger partial charge in [-0.25, -0.2) is 0 Å². The Morgan fingerprint density at radius 3 is 2.54 bits per heavy atom. The van der Waals surface area contributed by atoms with Crippen molar-refractivity contribution in [1.29, 1.82) is 0 Å². The number of methoxy groups -OCH3 is 2. The topological polar surface area (TPSA) is 80.4 Å². The molecule has 0 fully saturated rings. The van der Waals surface area contributed by atoms with Gasteiger partial charge >= 0.3 is 0 Å². The minimum atomic E-state index is -0.203. The Bertz CT molecular complexity index is 977. The number of ether oxygens (including phenoxy) is 2. The molecule has 26 heavy (non-hydrogen) atoms. The maximum absolute atomic E-state index is 12.3. The third-order valence-corrected chi connectivity index (χ3v) is 4.04. The van der Waals surface area contributed by atoms with Crippen LogP contribution in [0.25, 0.3) is 10.9 Å². The van der Waals surface area contributed by atoms with E-state index in [0.717, 1.165) is 22.3 Å². The van der Waals surface area contributed by atoms with Crippen molar-refractivity contribution >= 4 is 22.5 Å². The van der Waals surface area contributed by atoms with Crippen LogP contribution >= 0.6 is 0 Å². The first kappa shape index (κ1) is 17.7. The first-order chi connectivity index (χ1) is 12.6. The molecule has 0 saturated carbocycles. The smallest absolute Gasteiger partial charge is 0.248 e. The molecule has 0 unspecified atom stereocenters. The average Bonchev–Trinajstić information content (AvgIpc) is 2.62. The van der Waals surface area contributed by atoms with Crippen molar-refractivity contribution in [2.45, 2.75) is 13.0 Å². The molecule has 0 saturated heterocycles. The summed E-state index contributed by atoms with van der Waals surface area (Å²) in [4.78, 5) is 26.9. The second kappa shape index (κ2) is 7.84. The van der Waals surface area contributed by atoms with Crippen molar-refractivity contribution in [1.82, 2.24) is 4.98 Å². The van der Waals surface area contributed by atoms with Crippen molar-refractivity contribution in [2.75, 3.05) is 19.5 Å². The minimum absolute atomic E-state index is 0.134. The van der Waals surface area contributed by atoms with E-state index < -0.39 is 0 Å². The van der Waals surface area contributed by atoms with E-state index in [9.17, 15) is 9.59 Å². The number of hydrogen-bond acceptors (Lipinski definition) is 4. The van der Waals surface area contributed by atoms with Crippen molar-refractivity contribution < 1.29 is 14.3 Å². The van der Waals surface area contributed by atoms with Crippen molar-refractivity contribution in [2.24, 2.45) is 0 Å². The number of carbonyl (C=O) groups is 1. The van der Waals surface area contributed by atoms with Gasteiger partial charge in [0.15, 0.2) is 0 Å². The fraction of sp³-hybridized carbons (Fsp3) is 0.200. The summed E-state index contributed by atoms with van der Waals surface area (Å²) in [6, 6.07) is 14.3. The molecule has 0 atom stereocenters. The van der Waals surface area contributed by atoms with E-state index in [0.29, 0.717) is 17.8 Å². The number of aromatic amines is 1. The van der Waals surface area contributed by atoms with E-state index in [1.54, 1.807) is 20.3 Å². The summed E-state index contributed by atoms with van der Waals surface area (Å²) in [7, 11) is 3.19. The predicted molar refractivity (Wildman–Crippen MR) is 101 cm³/mol. The number of amides is 1. The molecule has 0 aliphatic carbocycles. The summed E-state index contributed by atoms with van der Waals surface area (Å²) in [6.07, 6.45) is 0.252. The Morgan fingerprint density at radius 1 is 1.08 bits per heavy atom. The van der Waals surface area contributed by atoms with Gasteiger partial charge in [-0.15, -0.1) is 0 Å². The van der Waals surface area contributed by atoms with E-state index >= 15 is 0 Å². The molecule has 1 aromatic heterocycles. The van der Waals surface area contributed by atoms with Gasteiger partial charge in [-0.1, -0.05) is 18.2 Å². The molecule has 3 aromatic rings. The maximum atomic E-state index is 12.3. The van der Waals surface area contributed by atoms with Crippen LogP contribution in [0.5, 0.6) is 5.75 Å². The van der Waals surface area contributed by atoms with Crippen molar-refractivity contribution in [3.63, 3.8) is 0 Å². The Balaban J connectivity index is 1.77. The lowest BCUT2D eigenvalue weighted by molar-refractivity contribution is -0.115. The van der Waals surface area contributed by atoms with Crippen LogP contribution in [0, 0.1) is 0 Å². The number of anilines is 1. The van der Waals surface area contributed by atoms with Gasteiger partial charge in [-0.05, 0) is 35.4 Å². The molecule has 0 spiro atoms. The Morgan fingerprint density at radius 2 is 1.85 bits per heavy atom. The molecule has 134 valence electrons. The zero-order valence-electron chi connectivity index (χ0n) is 14.7. The van der Waals surface area contributed by atoms with Gasteiger partial charge < -0.3 is 19.8 Å². The highest BCUT2D eigenvalue weighted by Gasteiger charge is 2.08. The molecule has 0 aliphatic rings. The van der Waals surface area contributed by atoms with Crippen LogP contribution in [-0.4, -0.2) is 25.1 Å². The van der Waals surface area contributed by atoms with Gasteiger partial charge in [0.1, 0.15) is 5.75 Å². The van der Waals surface area contributed by atoms with Crippen molar-refractivity contribution in [3.8, 4) is 5.75 Å². The number of nitrogens with one attached hydrogen (secondary N) is 2. The SMILES string of the molecule is COCc1cc(=O)[nH]c2cc(NC(=O)Cc3ccc(OC)cc3)ccc12. The predicted octanol–water partition coefficient (Wildman–Crippen LogP) is 2.86. The van der Waals surface area contributed by atoms with E-state index in [1.165, 1.54) is 6.07 Å². The number of rotatable bonds is 6. The van der Waals surface area contributed by atoms with Crippen LogP contribution < -0.4 is 15.6 Å². The van der Waals surface area contributed by atoms with Gasteiger partial charge in [0.2, 0.25) is 11.5 Å². The average molecular weight is 352 g/mol. The number of H-pyrrole nitrogens is 1. The number of hydrogen-bond donors (Lipinski definition) is 2. The Labute approximate surface area is 150 Å². The summed E-state index contributed by atoms with van der Waals surface area (Å²) in [5.74, 6) is 0.615. The van der Waals surface area contributed by atoms with Crippen molar-refractivity contribution in [3.05, 3.63) is 70.0 Å². The second-order valence-electron chi connectivity index (χ2n) is 5.93. The monoisotopic (exact) mass is 352 g/mol. The van der Waals surface area contributed by atoms with Crippen LogP contribution in [0.1, 0.15) is 11.1 Å². The highest BCUT2D eigenvalue weighted by molar-refractivity contribution is 5.95. The van der Waals surface area contributed by atoms with E-state index in [2.05, 4.69) is 10.3 Å². The molecule has 6 heteroatoms. The number of pyridine rings is 1. The highest BCUT2D eigenvalue weighted by atomic mass is 16.5. The lowest BCUT2D eigenvalue weighted by Crippen LogP contribution is -2.14. The first-order valence-corrected chi connectivity index (χ1v) is 8.16. The molecule has 2 aromatic carbocycles. The minimum Gasteiger partial charge on any atom is -0.497 e. The summed E-state index contributed by atoms with van der Waals surface area (Å²) < 4.78 is 10.2. The molecule has 6 nitrogen and oxygen atoms in total. The normalized spacial score (nSPS) is 10.7. The molecule has 1 amide bonds. The number of carbonyl (C=O) groups excluding carboxylic acids is 1. The van der Waals surface area contributed by atoms with Crippen LogP contribution in [-0.2, 0) is 22.6 Å². The number of benzene rings is 2. The zero-order valence-corrected chi connectivity index (χ0v) is 14.7. The van der Waals surface area contributed by atoms with Gasteiger partial charge in [0.05, 0.1) is 25.7 Å². The van der Waals surface area contributed by atoms with Crippen LogP contribution in [0.15, 0.2) is 53.3 Å².